The smallest absolute Gasteiger partial charge is 0.414 e. The zero-order chi connectivity index (χ0) is 22.2. The minimum atomic E-state index is -0.578. The molecule has 2 amide bonds. The molecular weight excluding hydrogens is 396 g/mol. The molecule has 0 saturated carbocycles. The summed E-state index contributed by atoms with van der Waals surface area (Å²) in [6.45, 7) is 8.07. The first-order chi connectivity index (χ1) is 14.7. The summed E-state index contributed by atoms with van der Waals surface area (Å²) >= 11 is 0. The first kappa shape index (κ1) is 20.8. The lowest BCUT2D eigenvalue weighted by Crippen LogP contribution is -2.39. The highest BCUT2D eigenvalue weighted by Crippen LogP contribution is 2.31. The van der Waals surface area contributed by atoms with E-state index in [-0.39, 0.29) is 12.0 Å². The number of carbonyl (C=O) groups excluding carboxylic acids is 2. The number of amides is 2. The van der Waals surface area contributed by atoms with E-state index in [0.717, 1.165) is 35.2 Å². The number of carbonyl (C=O) groups is 2. The molecule has 162 valence electrons. The van der Waals surface area contributed by atoms with Gasteiger partial charge >= 0.3 is 6.09 Å². The van der Waals surface area contributed by atoms with E-state index in [1.54, 1.807) is 11.0 Å². The fourth-order valence-corrected chi connectivity index (χ4v) is 3.62. The van der Waals surface area contributed by atoms with Crippen LogP contribution in [0.5, 0.6) is 0 Å². The number of aromatic nitrogens is 2. The van der Waals surface area contributed by atoms with E-state index in [2.05, 4.69) is 15.5 Å². The van der Waals surface area contributed by atoms with Crippen LogP contribution in [0, 0.1) is 0 Å². The number of rotatable bonds is 3. The molecule has 31 heavy (non-hydrogen) atoms. The Balaban J connectivity index is 1.58. The zero-order valence-electron chi connectivity index (χ0n) is 18.2. The van der Waals surface area contributed by atoms with Gasteiger partial charge in [-0.15, -0.1) is 0 Å². The molecule has 0 aliphatic carbocycles. The zero-order valence-corrected chi connectivity index (χ0v) is 18.2. The van der Waals surface area contributed by atoms with E-state index in [9.17, 15) is 9.59 Å². The SMILES string of the molecule is CCc1noc2ncc(C(=O)Nc3ccc4c(c3)N(C(=O)OC(C)(C)C)CCC4)cc12. The molecule has 0 unspecified atom stereocenters. The summed E-state index contributed by atoms with van der Waals surface area (Å²) in [6, 6.07) is 7.34. The molecule has 3 heterocycles. The van der Waals surface area contributed by atoms with Crippen LogP contribution in [0.15, 0.2) is 35.0 Å². The molecule has 0 saturated heterocycles. The fraction of sp³-hybridized carbons (Fsp3) is 0.391. The number of hydrogen-bond acceptors (Lipinski definition) is 6. The van der Waals surface area contributed by atoms with Crippen molar-refractivity contribution in [3.8, 4) is 0 Å². The first-order valence-corrected chi connectivity index (χ1v) is 10.4. The Morgan fingerprint density at radius 1 is 1.26 bits per heavy atom. The molecule has 8 heteroatoms. The van der Waals surface area contributed by atoms with Crippen molar-refractivity contribution in [1.29, 1.82) is 0 Å². The Bertz CT molecular complexity index is 1150. The minimum absolute atomic E-state index is 0.294. The number of anilines is 2. The number of pyridine rings is 1. The van der Waals surface area contributed by atoms with E-state index >= 15 is 0 Å². The molecule has 0 atom stereocenters. The molecule has 3 aromatic rings. The van der Waals surface area contributed by atoms with Crippen LogP contribution in [0.4, 0.5) is 16.2 Å². The lowest BCUT2D eigenvalue weighted by Gasteiger charge is -2.32. The van der Waals surface area contributed by atoms with E-state index in [1.165, 1.54) is 6.20 Å². The molecule has 0 fully saturated rings. The summed E-state index contributed by atoms with van der Waals surface area (Å²) in [5.74, 6) is -0.294. The standard InChI is InChI=1S/C23H26N4O4/c1-5-18-17-11-15(13-24-21(17)31-26-18)20(28)25-16-9-8-14-7-6-10-27(19(14)12-16)22(29)30-23(2,3)4/h8-9,11-13H,5-7,10H2,1-4H3,(H,25,28). The maximum Gasteiger partial charge on any atom is 0.414 e. The average Bonchev–Trinajstić information content (AvgIpc) is 3.14. The maximum absolute atomic E-state index is 12.8. The lowest BCUT2D eigenvalue weighted by molar-refractivity contribution is 0.0577. The van der Waals surface area contributed by atoms with Crippen molar-refractivity contribution in [2.45, 2.75) is 52.6 Å². The van der Waals surface area contributed by atoms with Gasteiger partial charge in [0.1, 0.15) is 5.60 Å². The summed E-state index contributed by atoms with van der Waals surface area (Å²) in [5.41, 5.74) is 3.42. The van der Waals surface area contributed by atoms with Crippen molar-refractivity contribution in [3.05, 3.63) is 47.3 Å². The van der Waals surface area contributed by atoms with Crippen LogP contribution >= 0.6 is 0 Å². The molecule has 2 aromatic heterocycles. The summed E-state index contributed by atoms with van der Waals surface area (Å²) in [5, 5.41) is 7.61. The molecule has 4 rings (SSSR count). The van der Waals surface area contributed by atoms with E-state index in [0.29, 0.717) is 29.9 Å². The number of benzene rings is 1. The van der Waals surface area contributed by atoms with Gasteiger partial charge in [-0.3, -0.25) is 9.69 Å². The Labute approximate surface area is 180 Å². The number of aryl methyl sites for hydroxylation is 2. The van der Waals surface area contributed by atoms with Gasteiger partial charge in [0.15, 0.2) is 0 Å². The highest BCUT2D eigenvalue weighted by Gasteiger charge is 2.27. The average molecular weight is 422 g/mol. The highest BCUT2D eigenvalue weighted by atomic mass is 16.6. The molecule has 0 spiro atoms. The van der Waals surface area contributed by atoms with Crippen LogP contribution in [0.2, 0.25) is 0 Å². The third-order valence-corrected chi connectivity index (χ3v) is 5.08. The number of fused-ring (bicyclic) bond motifs is 2. The molecule has 0 bridgehead atoms. The predicted octanol–water partition coefficient (Wildman–Crippen LogP) is 4.73. The summed E-state index contributed by atoms with van der Waals surface area (Å²) in [4.78, 5) is 31.4. The third-order valence-electron chi connectivity index (χ3n) is 5.08. The van der Waals surface area contributed by atoms with Crippen LogP contribution in [-0.4, -0.2) is 34.3 Å². The Morgan fingerprint density at radius 2 is 2.06 bits per heavy atom. The van der Waals surface area contributed by atoms with Gasteiger partial charge in [0.25, 0.3) is 11.6 Å². The number of ether oxygens (including phenoxy) is 1. The van der Waals surface area contributed by atoms with Gasteiger partial charge in [-0.05, 0) is 63.8 Å². The number of nitrogens with zero attached hydrogens (tertiary/aromatic N) is 3. The van der Waals surface area contributed by atoms with Gasteiger partial charge in [0.05, 0.1) is 22.3 Å². The third kappa shape index (κ3) is 4.38. The van der Waals surface area contributed by atoms with Gasteiger partial charge in [0, 0.05) is 18.4 Å². The van der Waals surface area contributed by atoms with Gasteiger partial charge in [-0.2, -0.15) is 0 Å². The van der Waals surface area contributed by atoms with Crippen molar-refractivity contribution in [1.82, 2.24) is 10.1 Å². The quantitative estimate of drug-likeness (QED) is 0.656. The minimum Gasteiger partial charge on any atom is -0.443 e. The van der Waals surface area contributed by atoms with Crippen molar-refractivity contribution >= 4 is 34.5 Å². The first-order valence-electron chi connectivity index (χ1n) is 10.4. The second kappa shape index (κ2) is 8.02. The monoisotopic (exact) mass is 422 g/mol. The van der Waals surface area contributed by atoms with Gasteiger partial charge < -0.3 is 14.6 Å². The van der Waals surface area contributed by atoms with E-state index < -0.39 is 5.60 Å². The second-order valence-electron chi connectivity index (χ2n) is 8.59. The van der Waals surface area contributed by atoms with Crippen molar-refractivity contribution in [2.24, 2.45) is 0 Å². The molecule has 1 N–H and O–H groups in total. The lowest BCUT2D eigenvalue weighted by atomic mass is 10.0. The summed E-state index contributed by atoms with van der Waals surface area (Å²) in [6.07, 6.45) is 3.50. The van der Waals surface area contributed by atoms with Gasteiger partial charge in [-0.25, -0.2) is 9.78 Å². The summed E-state index contributed by atoms with van der Waals surface area (Å²) < 4.78 is 10.7. The molecule has 1 aliphatic rings. The second-order valence-corrected chi connectivity index (χ2v) is 8.59. The molecular formula is C23H26N4O4. The molecule has 8 nitrogen and oxygen atoms in total. The van der Waals surface area contributed by atoms with Crippen molar-refractivity contribution in [2.75, 3.05) is 16.8 Å². The van der Waals surface area contributed by atoms with E-state index in [1.807, 2.05) is 45.9 Å². The van der Waals surface area contributed by atoms with Gasteiger partial charge in [0.2, 0.25) is 0 Å². The van der Waals surface area contributed by atoms with Crippen molar-refractivity contribution < 1.29 is 18.8 Å². The number of nitrogens with one attached hydrogen (secondary N) is 1. The topological polar surface area (TPSA) is 97.6 Å². The predicted molar refractivity (Wildman–Crippen MR) is 117 cm³/mol. The molecule has 1 aliphatic heterocycles. The Kier molecular flexibility index (Phi) is 5.39. The Hall–Kier alpha value is -3.42. The van der Waals surface area contributed by atoms with Crippen LogP contribution in [0.25, 0.3) is 11.1 Å². The van der Waals surface area contributed by atoms with Gasteiger partial charge in [-0.1, -0.05) is 18.1 Å². The maximum atomic E-state index is 12.8. The van der Waals surface area contributed by atoms with Crippen molar-refractivity contribution in [3.63, 3.8) is 0 Å². The molecule has 1 aromatic carbocycles. The normalized spacial score (nSPS) is 13.7. The van der Waals surface area contributed by atoms with Crippen LogP contribution in [-0.2, 0) is 17.6 Å². The number of hydrogen-bond donors (Lipinski definition) is 1. The van der Waals surface area contributed by atoms with E-state index in [4.69, 9.17) is 9.26 Å². The largest absolute Gasteiger partial charge is 0.443 e. The molecule has 0 radical (unpaired) electrons. The fourth-order valence-electron chi connectivity index (χ4n) is 3.62. The van der Waals surface area contributed by atoms with Crippen LogP contribution < -0.4 is 10.2 Å². The Morgan fingerprint density at radius 3 is 2.81 bits per heavy atom. The van der Waals surface area contributed by atoms with Crippen LogP contribution in [0.1, 0.15) is 55.7 Å². The summed E-state index contributed by atoms with van der Waals surface area (Å²) in [7, 11) is 0. The van der Waals surface area contributed by atoms with Crippen LogP contribution in [0.3, 0.4) is 0 Å². The highest BCUT2D eigenvalue weighted by molar-refractivity contribution is 6.06.